The number of nitrogens with one attached hydrogen (secondary N) is 1. The third-order valence-corrected chi connectivity index (χ3v) is 3.34. The molecular formula is C14H14FN5. The highest BCUT2D eigenvalue weighted by Gasteiger charge is 2.11. The van der Waals surface area contributed by atoms with Crippen molar-refractivity contribution in [3.63, 3.8) is 0 Å². The first kappa shape index (κ1) is 12.5. The van der Waals surface area contributed by atoms with Gasteiger partial charge in [-0.1, -0.05) is 6.07 Å². The highest BCUT2D eigenvalue weighted by Crippen LogP contribution is 2.23. The van der Waals surface area contributed by atoms with Crippen LogP contribution in [0.15, 0.2) is 24.5 Å². The fourth-order valence-electron chi connectivity index (χ4n) is 1.99. The summed E-state index contributed by atoms with van der Waals surface area (Å²) in [5, 5.41) is 7.33. The number of benzene rings is 1. The molecular weight excluding hydrogens is 257 g/mol. The molecule has 3 aromatic rings. The van der Waals surface area contributed by atoms with Gasteiger partial charge < -0.3 is 5.32 Å². The second-order valence-corrected chi connectivity index (χ2v) is 4.73. The summed E-state index contributed by atoms with van der Waals surface area (Å²) in [6.45, 7) is 5.58. The zero-order valence-corrected chi connectivity index (χ0v) is 11.5. The maximum absolute atomic E-state index is 13.6. The van der Waals surface area contributed by atoms with Crippen LogP contribution >= 0.6 is 0 Å². The Balaban J connectivity index is 2.11. The van der Waals surface area contributed by atoms with Crippen LogP contribution in [-0.2, 0) is 0 Å². The normalized spacial score (nSPS) is 11.0. The van der Waals surface area contributed by atoms with Gasteiger partial charge in [0, 0.05) is 16.9 Å². The highest BCUT2D eigenvalue weighted by molar-refractivity contribution is 5.62. The van der Waals surface area contributed by atoms with Crippen LogP contribution in [0.25, 0.3) is 5.78 Å². The Bertz CT molecular complexity index is 794. The zero-order valence-electron chi connectivity index (χ0n) is 11.5. The predicted octanol–water partition coefficient (Wildman–Crippen LogP) is 2.93. The second kappa shape index (κ2) is 4.56. The predicted molar refractivity (Wildman–Crippen MR) is 74.7 cm³/mol. The van der Waals surface area contributed by atoms with Crippen molar-refractivity contribution in [3.8, 4) is 0 Å². The number of nitrogens with zero attached hydrogens (tertiary/aromatic N) is 4. The molecule has 0 atom stereocenters. The second-order valence-electron chi connectivity index (χ2n) is 4.73. The average Bonchev–Trinajstić information content (AvgIpc) is 2.87. The van der Waals surface area contributed by atoms with Gasteiger partial charge >= 0.3 is 0 Å². The minimum Gasteiger partial charge on any atom is -0.340 e. The Hall–Kier alpha value is -2.50. The Labute approximate surface area is 115 Å². The summed E-state index contributed by atoms with van der Waals surface area (Å²) in [7, 11) is 0. The first-order chi connectivity index (χ1) is 9.56. The molecule has 0 saturated carbocycles. The minimum atomic E-state index is -0.242. The Kier molecular flexibility index (Phi) is 2.85. The summed E-state index contributed by atoms with van der Waals surface area (Å²) in [6, 6.07) is 5.03. The lowest BCUT2D eigenvalue weighted by Crippen LogP contribution is -2.06. The van der Waals surface area contributed by atoms with E-state index in [-0.39, 0.29) is 5.82 Å². The molecule has 2 heterocycles. The van der Waals surface area contributed by atoms with Crippen molar-refractivity contribution in [1.29, 1.82) is 0 Å². The summed E-state index contributed by atoms with van der Waals surface area (Å²) in [4.78, 5) is 8.43. The Morgan fingerprint density at radius 3 is 2.75 bits per heavy atom. The molecule has 0 aliphatic rings. The Morgan fingerprint density at radius 2 is 2.00 bits per heavy atom. The summed E-state index contributed by atoms with van der Waals surface area (Å²) < 4.78 is 15.2. The summed E-state index contributed by atoms with van der Waals surface area (Å²) in [5.74, 6) is 1.02. The van der Waals surface area contributed by atoms with Gasteiger partial charge in [-0.05, 0) is 38.5 Å². The van der Waals surface area contributed by atoms with Gasteiger partial charge in [-0.3, -0.25) is 0 Å². The van der Waals surface area contributed by atoms with Crippen molar-refractivity contribution in [2.24, 2.45) is 0 Å². The quantitative estimate of drug-likeness (QED) is 0.778. The molecule has 2 aromatic heterocycles. The molecule has 0 unspecified atom stereocenters. The third kappa shape index (κ3) is 1.99. The highest BCUT2D eigenvalue weighted by atomic mass is 19.1. The number of hydrogen-bond donors (Lipinski definition) is 1. The number of rotatable bonds is 2. The van der Waals surface area contributed by atoms with Crippen LogP contribution in [0.5, 0.6) is 0 Å². The monoisotopic (exact) mass is 271 g/mol. The van der Waals surface area contributed by atoms with Crippen LogP contribution in [-0.4, -0.2) is 19.6 Å². The van der Waals surface area contributed by atoms with E-state index in [0.29, 0.717) is 17.0 Å². The van der Waals surface area contributed by atoms with Gasteiger partial charge in [0.2, 0.25) is 0 Å². The van der Waals surface area contributed by atoms with E-state index < -0.39 is 0 Å². The number of halogens is 1. The topological polar surface area (TPSA) is 55.1 Å². The molecule has 0 amide bonds. The number of aromatic nitrogens is 4. The van der Waals surface area contributed by atoms with Gasteiger partial charge in [0.25, 0.3) is 5.78 Å². The van der Waals surface area contributed by atoms with Crippen molar-refractivity contribution in [2.45, 2.75) is 20.8 Å². The summed E-state index contributed by atoms with van der Waals surface area (Å²) in [5.41, 5.74) is 3.09. The number of fused-ring (bicyclic) bond motifs is 1. The van der Waals surface area contributed by atoms with E-state index in [1.54, 1.807) is 17.5 Å². The maximum Gasteiger partial charge on any atom is 0.254 e. The van der Waals surface area contributed by atoms with Crippen LogP contribution in [0.4, 0.5) is 15.9 Å². The molecule has 0 radical (unpaired) electrons. The van der Waals surface area contributed by atoms with Gasteiger partial charge in [-0.25, -0.2) is 9.37 Å². The lowest BCUT2D eigenvalue weighted by atomic mass is 10.2. The molecule has 0 aliphatic heterocycles. The number of aryl methyl sites for hydroxylation is 2. The molecule has 0 fully saturated rings. The minimum absolute atomic E-state index is 0.242. The van der Waals surface area contributed by atoms with Gasteiger partial charge in [0.15, 0.2) is 0 Å². The number of anilines is 2. The van der Waals surface area contributed by atoms with Gasteiger partial charge in [-0.2, -0.15) is 14.6 Å². The van der Waals surface area contributed by atoms with Crippen LogP contribution in [0, 0.1) is 26.6 Å². The van der Waals surface area contributed by atoms with E-state index in [1.165, 1.54) is 12.4 Å². The van der Waals surface area contributed by atoms with Gasteiger partial charge in [0.1, 0.15) is 18.0 Å². The van der Waals surface area contributed by atoms with Crippen molar-refractivity contribution in [1.82, 2.24) is 19.6 Å². The van der Waals surface area contributed by atoms with E-state index in [2.05, 4.69) is 20.4 Å². The van der Waals surface area contributed by atoms with Gasteiger partial charge in [0.05, 0.1) is 0 Å². The molecule has 1 N–H and O–H groups in total. The molecule has 0 spiro atoms. The molecule has 5 nitrogen and oxygen atoms in total. The van der Waals surface area contributed by atoms with E-state index in [4.69, 9.17) is 0 Å². The van der Waals surface area contributed by atoms with Crippen molar-refractivity contribution >= 4 is 17.3 Å². The van der Waals surface area contributed by atoms with Crippen molar-refractivity contribution in [3.05, 3.63) is 47.2 Å². The summed E-state index contributed by atoms with van der Waals surface area (Å²) >= 11 is 0. The van der Waals surface area contributed by atoms with Crippen LogP contribution in [0.1, 0.15) is 16.8 Å². The van der Waals surface area contributed by atoms with Gasteiger partial charge in [-0.15, -0.1) is 0 Å². The number of hydrogen-bond acceptors (Lipinski definition) is 4. The molecule has 0 saturated heterocycles. The maximum atomic E-state index is 13.6. The zero-order chi connectivity index (χ0) is 14.3. The van der Waals surface area contributed by atoms with E-state index >= 15 is 0 Å². The molecule has 6 heteroatoms. The summed E-state index contributed by atoms with van der Waals surface area (Å²) in [6.07, 6.45) is 1.45. The third-order valence-electron chi connectivity index (χ3n) is 3.34. The van der Waals surface area contributed by atoms with E-state index in [1.807, 2.05) is 19.9 Å². The fraction of sp³-hybridized carbons (Fsp3) is 0.214. The Morgan fingerprint density at radius 1 is 1.20 bits per heavy atom. The van der Waals surface area contributed by atoms with E-state index in [9.17, 15) is 4.39 Å². The lowest BCUT2D eigenvalue weighted by Gasteiger charge is -2.13. The molecule has 1 aromatic carbocycles. The SMILES string of the molecule is Cc1ccc(Nc2c(C)c(C)nc3ncnn23)cc1F. The molecule has 3 rings (SSSR count). The molecule has 102 valence electrons. The van der Waals surface area contributed by atoms with Crippen LogP contribution < -0.4 is 5.32 Å². The van der Waals surface area contributed by atoms with Crippen molar-refractivity contribution in [2.75, 3.05) is 5.32 Å². The van der Waals surface area contributed by atoms with Crippen LogP contribution in [0.2, 0.25) is 0 Å². The first-order valence-electron chi connectivity index (χ1n) is 6.26. The first-order valence-corrected chi connectivity index (χ1v) is 6.26. The molecule has 0 aliphatic carbocycles. The largest absolute Gasteiger partial charge is 0.340 e. The lowest BCUT2D eigenvalue weighted by molar-refractivity contribution is 0.619. The smallest absolute Gasteiger partial charge is 0.254 e. The standard InChI is InChI=1S/C14H14FN5/c1-8-4-5-11(6-12(8)15)19-13-9(2)10(3)18-14-16-7-17-20(13)14/h4-7,19H,1-3H3. The van der Waals surface area contributed by atoms with Crippen molar-refractivity contribution < 1.29 is 4.39 Å². The average molecular weight is 271 g/mol. The van der Waals surface area contributed by atoms with E-state index in [0.717, 1.165) is 17.1 Å². The fourth-order valence-corrected chi connectivity index (χ4v) is 1.99. The van der Waals surface area contributed by atoms with Crippen LogP contribution in [0.3, 0.4) is 0 Å². The molecule has 20 heavy (non-hydrogen) atoms. The molecule has 0 bridgehead atoms.